The van der Waals surface area contributed by atoms with Gasteiger partial charge in [-0.2, -0.15) is 0 Å². The molecule has 0 N–H and O–H groups in total. The van der Waals surface area contributed by atoms with Crippen LogP contribution in [0.15, 0.2) is 108 Å². The van der Waals surface area contributed by atoms with Gasteiger partial charge < -0.3 is 13.9 Å². The Balaban J connectivity index is 1.39. The average molecular weight is 509 g/mol. The molecule has 0 saturated carbocycles. The Morgan fingerprint density at radius 2 is 1.54 bits per heavy atom. The molecule has 0 aliphatic rings. The Kier molecular flexibility index (Phi) is 6.88. The van der Waals surface area contributed by atoms with Gasteiger partial charge in [0.15, 0.2) is 5.78 Å². The molecule has 4 aromatic carbocycles. The maximum atomic E-state index is 13.4. The summed E-state index contributed by atoms with van der Waals surface area (Å²) >= 11 is 5.90. The molecular formula is C31H21ClO5. The molecular weight excluding hydrogens is 488 g/mol. The molecule has 0 amide bonds. The third kappa shape index (κ3) is 5.32. The molecule has 0 fully saturated rings. The first-order chi connectivity index (χ1) is 18.0. The summed E-state index contributed by atoms with van der Waals surface area (Å²) in [6, 6.07) is 28.2. The molecule has 0 saturated heterocycles. The highest BCUT2D eigenvalue weighted by Gasteiger charge is 2.24. The van der Waals surface area contributed by atoms with E-state index in [-0.39, 0.29) is 5.78 Å². The quantitative estimate of drug-likeness (QED) is 0.0968. The number of ether oxygens (including phenoxy) is 2. The minimum atomic E-state index is -0.576. The van der Waals surface area contributed by atoms with Crippen molar-refractivity contribution >= 4 is 40.4 Å². The standard InChI is InChI=1S/C31H21ClO5/c1-35-25-16-18-28-26(19-25)29(30(37-28)22-5-3-2-4-6-22)31(34)36-24-14-10-21(11-15-24)27(33)17-9-20-7-12-23(32)13-8-20/h2-19H,1H3/b17-9+. The number of furan rings is 1. The number of hydrogen-bond donors (Lipinski definition) is 0. The predicted octanol–water partition coefficient (Wildman–Crippen LogP) is 7.88. The molecule has 0 atom stereocenters. The molecule has 0 unspecified atom stereocenters. The third-order valence-electron chi connectivity index (χ3n) is 5.78. The van der Waals surface area contributed by atoms with Crippen molar-refractivity contribution in [3.8, 4) is 22.8 Å². The number of methoxy groups -OCH3 is 1. The molecule has 0 radical (unpaired) electrons. The Morgan fingerprint density at radius 1 is 0.838 bits per heavy atom. The van der Waals surface area contributed by atoms with Gasteiger partial charge in [-0.25, -0.2) is 4.79 Å². The van der Waals surface area contributed by atoms with E-state index >= 15 is 0 Å². The molecule has 37 heavy (non-hydrogen) atoms. The largest absolute Gasteiger partial charge is 0.497 e. The van der Waals surface area contributed by atoms with Crippen molar-refractivity contribution < 1.29 is 23.5 Å². The first kappa shape index (κ1) is 24.1. The van der Waals surface area contributed by atoms with E-state index in [2.05, 4.69) is 0 Å². The van der Waals surface area contributed by atoms with Crippen LogP contribution in [0.25, 0.3) is 28.4 Å². The summed E-state index contributed by atoms with van der Waals surface area (Å²) in [7, 11) is 1.56. The number of allylic oxidation sites excluding steroid dienone is 1. The van der Waals surface area contributed by atoms with Gasteiger partial charge in [-0.1, -0.05) is 60.1 Å². The fourth-order valence-corrected chi connectivity index (χ4v) is 4.01. The van der Waals surface area contributed by atoms with Gasteiger partial charge in [0.1, 0.15) is 28.4 Å². The van der Waals surface area contributed by atoms with Crippen molar-refractivity contribution in [2.45, 2.75) is 0 Å². The van der Waals surface area contributed by atoms with E-state index in [0.29, 0.717) is 44.4 Å². The van der Waals surface area contributed by atoms with E-state index in [0.717, 1.165) is 11.1 Å². The van der Waals surface area contributed by atoms with E-state index < -0.39 is 5.97 Å². The van der Waals surface area contributed by atoms with Crippen LogP contribution < -0.4 is 9.47 Å². The fourth-order valence-electron chi connectivity index (χ4n) is 3.89. The van der Waals surface area contributed by atoms with Gasteiger partial charge in [-0.05, 0) is 66.2 Å². The first-order valence-electron chi connectivity index (χ1n) is 11.5. The molecule has 6 heteroatoms. The van der Waals surface area contributed by atoms with Crippen molar-refractivity contribution in [3.05, 3.63) is 125 Å². The Morgan fingerprint density at radius 3 is 2.24 bits per heavy atom. The zero-order chi connectivity index (χ0) is 25.8. The van der Waals surface area contributed by atoms with E-state index in [1.165, 1.54) is 6.08 Å². The number of halogens is 1. The highest BCUT2D eigenvalue weighted by molar-refractivity contribution is 6.30. The number of carbonyl (C=O) groups excluding carboxylic acids is 2. The molecule has 0 aliphatic heterocycles. The topological polar surface area (TPSA) is 65.7 Å². The van der Waals surface area contributed by atoms with Crippen molar-refractivity contribution in [1.82, 2.24) is 0 Å². The number of ketones is 1. The first-order valence-corrected chi connectivity index (χ1v) is 11.9. The Labute approximate surface area is 218 Å². The molecule has 0 spiro atoms. The van der Waals surface area contributed by atoms with Crippen LogP contribution in [0.3, 0.4) is 0 Å². The van der Waals surface area contributed by atoms with E-state index in [1.807, 2.05) is 42.5 Å². The second-order valence-corrected chi connectivity index (χ2v) is 8.63. The summed E-state index contributed by atoms with van der Waals surface area (Å²) < 4.78 is 17.1. The smallest absolute Gasteiger partial charge is 0.348 e. The molecule has 1 heterocycles. The molecule has 182 valence electrons. The fraction of sp³-hybridized carbons (Fsp3) is 0.0323. The van der Waals surface area contributed by atoms with Crippen LogP contribution in [0.4, 0.5) is 0 Å². The summed E-state index contributed by atoms with van der Waals surface area (Å²) in [6.07, 6.45) is 3.21. The highest BCUT2D eigenvalue weighted by atomic mass is 35.5. The van der Waals surface area contributed by atoms with Crippen LogP contribution in [0.1, 0.15) is 26.3 Å². The van der Waals surface area contributed by atoms with Crippen LogP contribution in [0.5, 0.6) is 11.5 Å². The van der Waals surface area contributed by atoms with Crippen molar-refractivity contribution in [2.75, 3.05) is 7.11 Å². The second kappa shape index (κ2) is 10.6. The molecule has 1 aromatic heterocycles. The van der Waals surface area contributed by atoms with Gasteiger partial charge >= 0.3 is 5.97 Å². The third-order valence-corrected chi connectivity index (χ3v) is 6.03. The predicted molar refractivity (Wildman–Crippen MR) is 144 cm³/mol. The van der Waals surface area contributed by atoms with E-state index in [9.17, 15) is 9.59 Å². The zero-order valence-corrected chi connectivity index (χ0v) is 20.6. The number of esters is 1. The number of hydrogen-bond acceptors (Lipinski definition) is 5. The van der Waals surface area contributed by atoms with Crippen LogP contribution in [0, 0.1) is 0 Å². The van der Waals surface area contributed by atoms with Crippen LogP contribution in [0.2, 0.25) is 5.02 Å². The molecule has 0 bridgehead atoms. The zero-order valence-electron chi connectivity index (χ0n) is 19.8. The van der Waals surface area contributed by atoms with E-state index in [1.54, 1.807) is 67.8 Å². The lowest BCUT2D eigenvalue weighted by Crippen LogP contribution is -2.09. The van der Waals surface area contributed by atoms with Crippen molar-refractivity contribution in [3.63, 3.8) is 0 Å². The van der Waals surface area contributed by atoms with Gasteiger partial charge in [0, 0.05) is 21.5 Å². The van der Waals surface area contributed by atoms with Crippen molar-refractivity contribution in [2.24, 2.45) is 0 Å². The van der Waals surface area contributed by atoms with Gasteiger partial charge in [0.05, 0.1) is 7.11 Å². The van der Waals surface area contributed by atoms with Crippen molar-refractivity contribution in [1.29, 1.82) is 0 Å². The molecule has 5 rings (SSSR count). The van der Waals surface area contributed by atoms with Gasteiger partial charge in [-0.3, -0.25) is 4.79 Å². The Bertz CT molecular complexity index is 1600. The van der Waals surface area contributed by atoms with E-state index in [4.69, 9.17) is 25.5 Å². The number of fused-ring (bicyclic) bond motifs is 1. The van der Waals surface area contributed by atoms with Gasteiger partial charge in [-0.15, -0.1) is 0 Å². The summed E-state index contributed by atoms with van der Waals surface area (Å²) in [5.74, 6) is 0.559. The lowest BCUT2D eigenvalue weighted by atomic mass is 10.1. The lowest BCUT2D eigenvalue weighted by molar-refractivity contribution is 0.0737. The van der Waals surface area contributed by atoms with Gasteiger partial charge in [0.2, 0.25) is 0 Å². The monoisotopic (exact) mass is 508 g/mol. The number of benzene rings is 4. The normalized spacial score (nSPS) is 11.1. The second-order valence-electron chi connectivity index (χ2n) is 8.20. The minimum Gasteiger partial charge on any atom is -0.497 e. The highest BCUT2D eigenvalue weighted by Crippen LogP contribution is 2.36. The number of carbonyl (C=O) groups is 2. The maximum absolute atomic E-state index is 13.4. The van der Waals surface area contributed by atoms with Crippen LogP contribution in [-0.2, 0) is 0 Å². The summed E-state index contributed by atoms with van der Waals surface area (Å²) in [5, 5.41) is 1.22. The van der Waals surface area contributed by atoms with Crippen LogP contribution >= 0.6 is 11.6 Å². The Hall–Kier alpha value is -4.61. The average Bonchev–Trinajstić information content (AvgIpc) is 3.32. The lowest BCUT2D eigenvalue weighted by Gasteiger charge is -2.06. The summed E-state index contributed by atoms with van der Waals surface area (Å²) in [4.78, 5) is 25.9. The SMILES string of the molecule is COc1ccc2oc(-c3ccccc3)c(C(=O)Oc3ccc(C(=O)/C=C/c4ccc(Cl)cc4)cc3)c2c1. The minimum absolute atomic E-state index is 0.174. The maximum Gasteiger partial charge on any atom is 0.348 e. The van der Waals surface area contributed by atoms with Crippen LogP contribution in [-0.4, -0.2) is 18.9 Å². The summed E-state index contributed by atoms with van der Waals surface area (Å²) in [5.41, 5.74) is 2.92. The molecule has 5 nitrogen and oxygen atoms in total. The number of rotatable bonds is 7. The molecule has 5 aromatic rings. The van der Waals surface area contributed by atoms with Gasteiger partial charge in [0.25, 0.3) is 0 Å². The molecule has 0 aliphatic carbocycles. The summed E-state index contributed by atoms with van der Waals surface area (Å²) in [6.45, 7) is 0.